The molecular weight excluding hydrogens is 367 g/mol. The summed E-state index contributed by atoms with van der Waals surface area (Å²) in [6.07, 6.45) is 0.809. The highest BCUT2D eigenvalue weighted by Gasteiger charge is 2.12. The lowest BCUT2D eigenvalue weighted by atomic mass is 10.3. The van der Waals surface area contributed by atoms with Gasteiger partial charge in [-0.25, -0.2) is 9.37 Å². The molecule has 8 heteroatoms. The van der Waals surface area contributed by atoms with Gasteiger partial charge in [0.2, 0.25) is 0 Å². The fourth-order valence-corrected chi connectivity index (χ4v) is 3.22. The molecular formula is C19H27FN4O2S. The first-order valence-electron chi connectivity index (χ1n) is 8.80. The van der Waals surface area contributed by atoms with Gasteiger partial charge in [-0.2, -0.15) is 0 Å². The number of hydrogen-bond donors (Lipinski definition) is 1. The van der Waals surface area contributed by atoms with E-state index in [1.165, 1.54) is 12.1 Å². The fraction of sp³-hybridized carbons (Fsp3) is 0.474. The van der Waals surface area contributed by atoms with Crippen LogP contribution in [0.3, 0.4) is 0 Å². The van der Waals surface area contributed by atoms with Crippen LogP contribution in [0.25, 0.3) is 0 Å². The van der Waals surface area contributed by atoms with Crippen molar-refractivity contribution in [2.75, 3.05) is 34.4 Å². The van der Waals surface area contributed by atoms with Crippen molar-refractivity contribution in [3.8, 4) is 5.75 Å². The van der Waals surface area contributed by atoms with E-state index in [1.54, 1.807) is 37.6 Å². The third-order valence-corrected chi connectivity index (χ3v) is 4.98. The van der Waals surface area contributed by atoms with Crippen LogP contribution < -0.4 is 10.1 Å². The molecule has 2 rings (SSSR count). The molecule has 0 radical (unpaired) electrons. The number of nitrogens with zero attached hydrogens (tertiary/aromatic N) is 3. The van der Waals surface area contributed by atoms with Crippen molar-refractivity contribution in [2.24, 2.45) is 4.99 Å². The standard InChI is InChI=1S/C19H27FN4O2S/c1-14(25-4)18-23-16(13-27-18)12-24(3)19(21-2)22-10-5-11-26-17-8-6-15(20)7-9-17/h6-9,13-14H,5,10-12H2,1-4H3,(H,21,22). The molecule has 1 aromatic carbocycles. The van der Waals surface area contributed by atoms with E-state index in [0.717, 1.165) is 29.6 Å². The quantitative estimate of drug-likeness (QED) is 0.401. The van der Waals surface area contributed by atoms with Crippen LogP contribution in [0.5, 0.6) is 5.75 Å². The molecule has 0 amide bonds. The van der Waals surface area contributed by atoms with Crippen molar-refractivity contribution in [3.63, 3.8) is 0 Å². The molecule has 0 fully saturated rings. The highest BCUT2D eigenvalue weighted by Crippen LogP contribution is 2.20. The van der Waals surface area contributed by atoms with Gasteiger partial charge in [0.1, 0.15) is 22.7 Å². The van der Waals surface area contributed by atoms with Crippen LogP contribution in [-0.4, -0.2) is 50.2 Å². The lowest BCUT2D eigenvalue weighted by molar-refractivity contribution is 0.119. The molecule has 0 aliphatic carbocycles. The Morgan fingerprint density at radius 1 is 1.37 bits per heavy atom. The van der Waals surface area contributed by atoms with Crippen LogP contribution in [-0.2, 0) is 11.3 Å². The summed E-state index contributed by atoms with van der Waals surface area (Å²) >= 11 is 1.60. The second-order valence-electron chi connectivity index (χ2n) is 6.04. The number of aromatic nitrogens is 1. The summed E-state index contributed by atoms with van der Waals surface area (Å²) in [4.78, 5) is 10.9. The zero-order valence-corrected chi connectivity index (χ0v) is 17.1. The summed E-state index contributed by atoms with van der Waals surface area (Å²) < 4.78 is 23.7. The number of benzene rings is 1. The maximum Gasteiger partial charge on any atom is 0.193 e. The Bertz CT molecular complexity index is 721. The Hall–Kier alpha value is -2.19. The molecule has 0 bridgehead atoms. The van der Waals surface area contributed by atoms with Gasteiger partial charge >= 0.3 is 0 Å². The lowest BCUT2D eigenvalue weighted by Gasteiger charge is -2.21. The van der Waals surface area contributed by atoms with Crippen molar-refractivity contribution < 1.29 is 13.9 Å². The molecule has 2 aromatic rings. The molecule has 0 saturated carbocycles. The van der Waals surface area contributed by atoms with Crippen molar-refractivity contribution in [1.29, 1.82) is 0 Å². The van der Waals surface area contributed by atoms with Gasteiger partial charge < -0.3 is 19.7 Å². The summed E-state index contributed by atoms with van der Waals surface area (Å²) in [7, 11) is 5.42. The average Bonchev–Trinajstić information content (AvgIpc) is 3.13. The minimum Gasteiger partial charge on any atom is -0.494 e. The van der Waals surface area contributed by atoms with E-state index in [4.69, 9.17) is 9.47 Å². The van der Waals surface area contributed by atoms with Gasteiger partial charge in [-0.15, -0.1) is 11.3 Å². The number of hydrogen-bond acceptors (Lipinski definition) is 5. The molecule has 0 aliphatic rings. The van der Waals surface area contributed by atoms with E-state index < -0.39 is 0 Å². The fourth-order valence-electron chi connectivity index (χ4n) is 2.38. The second kappa shape index (κ2) is 10.8. The van der Waals surface area contributed by atoms with Gasteiger partial charge in [0.15, 0.2) is 5.96 Å². The zero-order valence-electron chi connectivity index (χ0n) is 16.2. The summed E-state index contributed by atoms with van der Waals surface area (Å²) in [5.41, 5.74) is 0.990. The molecule has 1 atom stereocenters. The molecule has 1 unspecified atom stereocenters. The second-order valence-corrected chi connectivity index (χ2v) is 6.93. The summed E-state index contributed by atoms with van der Waals surface area (Å²) in [5, 5.41) is 6.33. The summed E-state index contributed by atoms with van der Waals surface area (Å²) in [6, 6.07) is 6.04. The van der Waals surface area contributed by atoms with Crippen molar-refractivity contribution >= 4 is 17.3 Å². The molecule has 0 aliphatic heterocycles. The predicted molar refractivity (Wildman–Crippen MR) is 107 cm³/mol. The Morgan fingerprint density at radius 2 is 2.11 bits per heavy atom. The Balaban J connectivity index is 1.72. The third-order valence-electron chi connectivity index (χ3n) is 3.93. The van der Waals surface area contributed by atoms with Gasteiger partial charge in [0.25, 0.3) is 0 Å². The van der Waals surface area contributed by atoms with Gasteiger partial charge in [-0.1, -0.05) is 0 Å². The Morgan fingerprint density at radius 3 is 2.78 bits per heavy atom. The molecule has 0 spiro atoms. The molecule has 27 heavy (non-hydrogen) atoms. The smallest absolute Gasteiger partial charge is 0.193 e. The number of guanidine groups is 1. The van der Waals surface area contributed by atoms with Crippen LogP contribution in [0.15, 0.2) is 34.6 Å². The van der Waals surface area contributed by atoms with Crippen molar-refractivity contribution in [2.45, 2.75) is 26.0 Å². The van der Waals surface area contributed by atoms with Gasteiger partial charge in [0.05, 0.1) is 18.8 Å². The average molecular weight is 395 g/mol. The first kappa shape index (κ1) is 21.1. The minimum absolute atomic E-state index is 0.00704. The third kappa shape index (κ3) is 6.80. The van der Waals surface area contributed by atoms with E-state index in [0.29, 0.717) is 18.9 Å². The number of rotatable bonds is 9. The van der Waals surface area contributed by atoms with Crippen LogP contribution in [0, 0.1) is 5.82 Å². The number of nitrogens with one attached hydrogen (secondary N) is 1. The van der Waals surface area contributed by atoms with Gasteiger partial charge in [-0.05, 0) is 37.6 Å². The van der Waals surface area contributed by atoms with Crippen LogP contribution >= 0.6 is 11.3 Å². The summed E-state index contributed by atoms with van der Waals surface area (Å²) in [6.45, 7) is 3.92. The summed E-state index contributed by atoms with van der Waals surface area (Å²) in [5.74, 6) is 1.20. The number of thiazole rings is 1. The van der Waals surface area contributed by atoms with Gasteiger partial charge in [0, 0.05) is 33.1 Å². The Labute approximate surface area is 164 Å². The molecule has 1 heterocycles. The predicted octanol–water partition coefficient (Wildman–Crippen LogP) is 3.47. The number of ether oxygens (including phenoxy) is 2. The molecule has 6 nitrogen and oxygen atoms in total. The van der Waals surface area contributed by atoms with E-state index in [-0.39, 0.29) is 11.9 Å². The lowest BCUT2D eigenvalue weighted by Crippen LogP contribution is -2.39. The number of aliphatic imine (C=N–C) groups is 1. The molecule has 1 N–H and O–H groups in total. The first-order chi connectivity index (χ1) is 13.0. The normalized spacial score (nSPS) is 12.7. The largest absolute Gasteiger partial charge is 0.494 e. The maximum absolute atomic E-state index is 12.9. The van der Waals surface area contributed by atoms with E-state index >= 15 is 0 Å². The monoisotopic (exact) mass is 394 g/mol. The van der Waals surface area contributed by atoms with E-state index in [9.17, 15) is 4.39 Å². The van der Waals surface area contributed by atoms with E-state index in [1.807, 2.05) is 24.3 Å². The molecule has 0 saturated heterocycles. The zero-order chi connectivity index (χ0) is 19.6. The maximum atomic E-state index is 12.9. The van der Waals surface area contributed by atoms with Gasteiger partial charge in [-0.3, -0.25) is 4.99 Å². The van der Waals surface area contributed by atoms with Crippen molar-refractivity contribution in [3.05, 3.63) is 46.2 Å². The minimum atomic E-state index is -0.264. The van der Waals surface area contributed by atoms with Crippen LogP contribution in [0.2, 0.25) is 0 Å². The van der Waals surface area contributed by atoms with Crippen LogP contribution in [0.1, 0.15) is 30.2 Å². The molecule has 148 valence electrons. The van der Waals surface area contributed by atoms with Crippen molar-refractivity contribution in [1.82, 2.24) is 15.2 Å². The topological polar surface area (TPSA) is 59.0 Å². The highest BCUT2D eigenvalue weighted by atomic mass is 32.1. The highest BCUT2D eigenvalue weighted by molar-refractivity contribution is 7.09. The first-order valence-corrected chi connectivity index (χ1v) is 9.68. The number of halogens is 1. The van der Waals surface area contributed by atoms with E-state index in [2.05, 4.69) is 15.3 Å². The Kier molecular flexibility index (Phi) is 8.47. The molecule has 1 aromatic heterocycles. The number of methoxy groups -OCH3 is 1. The van der Waals surface area contributed by atoms with Crippen LogP contribution in [0.4, 0.5) is 4.39 Å². The SMILES string of the molecule is CN=C(NCCCOc1ccc(F)cc1)N(C)Cc1csc(C(C)OC)n1.